The van der Waals surface area contributed by atoms with Crippen LogP contribution in [0.5, 0.6) is 0 Å². The first kappa shape index (κ1) is 36.0. The van der Waals surface area contributed by atoms with Crippen molar-refractivity contribution in [3.63, 3.8) is 0 Å². The minimum absolute atomic E-state index is 0. The zero-order chi connectivity index (χ0) is 4.50. The second-order valence-electron chi connectivity index (χ2n) is 0.447. The van der Waals surface area contributed by atoms with Gasteiger partial charge in [0.15, 0.2) is 0 Å². The number of phosphoric acid groups is 1. The third kappa shape index (κ3) is 64.1. The SMILES string of the molecule is O.O=P([O-])([O-])[O-].[Ar].[K+].[K+].[K+]. The fourth-order valence-corrected chi connectivity index (χ4v) is 0. The Morgan fingerprint density at radius 3 is 0.900 bits per heavy atom. The standard InChI is InChI=1S/Ar.3K.H3O4P.H2O/c;;;;1-5(2,3)4;/h;;;;(H3,1,2,3,4);1H2/q;3*+1;;/p-3. The van der Waals surface area contributed by atoms with Crippen molar-refractivity contribution < 1.29 is 217 Å². The molecule has 0 fully saturated rings. The average Bonchev–Trinajstić information content (AvgIpc) is 0.722. The Hall–Kier alpha value is 6.24. The fraction of sp³-hybridized carbons (Fsp3) is 0. The van der Waals surface area contributed by atoms with Crippen LogP contribution < -0.4 is 169 Å². The Labute approximate surface area is 217 Å². The summed E-state index contributed by atoms with van der Waals surface area (Å²) >= 11 is 0. The van der Waals surface area contributed by atoms with E-state index in [1.54, 1.807) is 0 Å². The van der Waals surface area contributed by atoms with E-state index in [1.807, 2.05) is 0 Å². The van der Waals surface area contributed by atoms with Gasteiger partial charge in [-0.15, -0.1) is 0 Å². The molecule has 0 aliphatic rings. The summed E-state index contributed by atoms with van der Waals surface area (Å²) in [5.74, 6) is 0. The van der Waals surface area contributed by atoms with Gasteiger partial charge in [0.05, 0.1) is 0 Å². The van der Waals surface area contributed by atoms with Crippen LogP contribution in [0.4, 0.5) is 0 Å². The summed E-state index contributed by atoms with van der Waals surface area (Å²) in [5.41, 5.74) is 0. The van der Waals surface area contributed by atoms with E-state index in [9.17, 15) is 0 Å². The maximum absolute atomic E-state index is 8.55. The van der Waals surface area contributed by atoms with Crippen molar-refractivity contribution in [2.24, 2.45) is 0 Å². The molecule has 0 saturated heterocycles. The van der Waals surface area contributed by atoms with Crippen LogP contribution in [0.1, 0.15) is 0 Å². The van der Waals surface area contributed by atoms with E-state index in [4.69, 9.17) is 19.2 Å². The largest absolute Gasteiger partial charge is 1.00 e. The van der Waals surface area contributed by atoms with Crippen LogP contribution in [0.2, 0.25) is 0 Å². The monoisotopic (exact) mass is 270 g/mol. The Balaban J connectivity index is -0.00000000800. The van der Waals surface area contributed by atoms with Crippen molar-refractivity contribution >= 4 is 7.82 Å². The van der Waals surface area contributed by atoms with Gasteiger partial charge < -0.3 is 24.7 Å². The van der Waals surface area contributed by atoms with Gasteiger partial charge >= 0.3 is 154 Å². The zero-order valence-electron chi connectivity index (χ0n) is 5.93. The van der Waals surface area contributed by atoms with Crippen LogP contribution in [0.3, 0.4) is 0 Å². The minimum atomic E-state index is -5.39. The molecule has 48 valence electrons. The molecule has 0 aliphatic heterocycles. The molecular formula is H2ArK3O5P. The molecule has 0 atom stereocenters. The first-order valence-corrected chi connectivity index (χ1v) is 2.19. The summed E-state index contributed by atoms with van der Waals surface area (Å²) in [6.45, 7) is 0. The number of hydrogen-bond acceptors (Lipinski definition) is 4. The second kappa shape index (κ2) is 20.6. The van der Waals surface area contributed by atoms with Gasteiger partial charge in [-0.1, -0.05) is 0 Å². The summed E-state index contributed by atoms with van der Waals surface area (Å²) in [6, 6.07) is 0. The molecule has 0 aromatic rings. The Bertz CT molecular complexity index is 63.0. The van der Waals surface area contributed by atoms with Crippen LogP contribution in [0.25, 0.3) is 0 Å². The van der Waals surface area contributed by atoms with Crippen molar-refractivity contribution in [1.29, 1.82) is 0 Å². The predicted molar refractivity (Wildman–Crippen MR) is 11.2 cm³/mol. The molecule has 0 aliphatic carbocycles. The molecule has 0 bridgehead atoms. The Morgan fingerprint density at radius 1 is 0.900 bits per heavy atom. The third-order valence-corrected chi connectivity index (χ3v) is 0. The average molecular weight is 270 g/mol. The summed E-state index contributed by atoms with van der Waals surface area (Å²) in [6.07, 6.45) is 0. The van der Waals surface area contributed by atoms with Crippen LogP contribution >= 0.6 is 7.82 Å². The van der Waals surface area contributed by atoms with E-state index in [0.717, 1.165) is 0 Å². The molecule has 0 spiro atoms. The molecule has 0 aromatic carbocycles. The maximum atomic E-state index is 8.55. The van der Waals surface area contributed by atoms with Crippen LogP contribution in [0, 0.1) is 37.7 Å². The summed E-state index contributed by atoms with van der Waals surface area (Å²) in [7, 11) is -5.39. The molecule has 0 amide bonds. The Morgan fingerprint density at radius 2 is 0.900 bits per heavy atom. The molecule has 0 aromatic heterocycles. The van der Waals surface area contributed by atoms with Gasteiger partial charge in [-0.3, -0.25) is 0 Å². The minimum Gasteiger partial charge on any atom is -0.822 e. The molecule has 2 N–H and O–H groups in total. The van der Waals surface area contributed by atoms with Crippen LogP contribution in [-0.2, 0) is 4.57 Å². The maximum Gasteiger partial charge on any atom is 1.00 e. The fourth-order valence-electron chi connectivity index (χ4n) is 0. The third-order valence-electron chi connectivity index (χ3n) is 0. The first-order chi connectivity index (χ1) is 2.00. The van der Waals surface area contributed by atoms with Gasteiger partial charge in [-0.25, -0.2) is 0 Å². The molecule has 0 rings (SSSR count). The number of hydrogen-bond donors (Lipinski definition) is 0. The zero-order valence-corrected chi connectivity index (χ0v) is 16.9. The molecule has 0 radical (unpaired) electrons. The molecule has 0 saturated carbocycles. The second-order valence-corrected chi connectivity index (χ2v) is 1.34. The first-order valence-electron chi connectivity index (χ1n) is 0.730. The normalized spacial score (nSPS) is 5.90. The van der Waals surface area contributed by atoms with Gasteiger partial charge in [-0.2, -0.15) is 7.82 Å². The molecule has 10 heavy (non-hydrogen) atoms. The van der Waals surface area contributed by atoms with Crippen molar-refractivity contribution in [2.75, 3.05) is 0 Å². The van der Waals surface area contributed by atoms with Gasteiger partial charge in [0.25, 0.3) is 0 Å². The Kier molecular flexibility index (Phi) is 74.2. The van der Waals surface area contributed by atoms with E-state index in [2.05, 4.69) is 0 Å². The molecule has 5 nitrogen and oxygen atoms in total. The predicted octanol–water partition coefficient (Wildman–Crippen LogP) is -12.6. The molecule has 0 heterocycles. The van der Waals surface area contributed by atoms with E-state index in [1.165, 1.54) is 0 Å². The van der Waals surface area contributed by atoms with E-state index in [-0.39, 0.29) is 197 Å². The van der Waals surface area contributed by atoms with Gasteiger partial charge in [0.1, 0.15) is 0 Å². The van der Waals surface area contributed by atoms with E-state index < -0.39 is 7.82 Å². The smallest absolute Gasteiger partial charge is 0.822 e. The molecule has 10 heteroatoms. The number of rotatable bonds is 0. The van der Waals surface area contributed by atoms with Gasteiger partial charge in [-0.05, 0) is 0 Å². The van der Waals surface area contributed by atoms with E-state index in [0.29, 0.717) is 0 Å². The van der Waals surface area contributed by atoms with Gasteiger partial charge in [0.2, 0.25) is 0 Å². The van der Waals surface area contributed by atoms with E-state index >= 15 is 0 Å². The van der Waals surface area contributed by atoms with Crippen molar-refractivity contribution in [3.05, 3.63) is 0 Å². The summed E-state index contributed by atoms with van der Waals surface area (Å²) < 4.78 is 8.55. The topological polar surface area (TPSA) is 118 Å². The summed E-state index contributed by atoms with van der Waals surface area (Å²) in [4.78, 5) is 25.6. The van der Waals surface area contributed by atoms with Crippen molar-refractivity contribution in [3.8, 4) is 0 Å². The molecular weight excluding hydrogens is 268 g/mol. The summed E-state index contributed by atoms with van der Waals surface area (Å²) in [5, 5.41) is 0. The quantitative estimate of drug-likeness (QED) is 0.321. The van der Waals surface area contributed by atoms with Crippen molar-refractivity contribution in [2.45, 2.75) is 0 Å². The molecule has 0 unspecified atom stereocenters. The van der Waals surface area contributed by atoms with Crippen LogP contribution in [0.15, 0.2) is 0 Å². The van der Waals surface area contributed by atoms with Gasteiger partial charge in [0, 0.05) is 37.7 Å². The van der Waals surface area contributed by atoms with Crippen LogP contribution in [-0.4, -0.2) is 5.48 Å². The van der Waals surface area contributed by atoms with Crippen molar-refractivity contribution in [1.82, 2.24) is 0 Å².